The molecule has 1 aromatic rings. The van der Waals surface area contributed by atoms with Gasteiger partial charge in [-0.1, -0.05) is 18.1 Å². The summed E-state index contributed by atoms with van der Waals surface area (Å²) in [6.45, 7) is 1.54. The first-order chi connectivity index (χ1) is 7.66. The van der Waals surface area contributed by atoms with Crippen molar-refractivity contribution in [3.63, 3.8) is 0 Å². The minimum Gasteiger partial charge on any atom is -0.507 e. The molecule has 4 heteroatoms. The van der Waals surface area contributed by atoms with Crippen molar-refractivity contribution in [3.05, 3.63) is 29.3 Å². The number of hydrogen-bond donors (Lipinski definition) is 1. The highest BCUT2D eigenvalue weighted by molar-refractivity contribution is 6.29. The van der Waals surface area contributed by atoms with Gasteiger partial charge in [-0.05, 0) is 6.07 Å². The third kappa shape index (κ3) is 1.34. The lowest BCUT2D eigenvalue weighted by atomic mass is 10.1. The number of hydrogen-bond acceptors (Lipinski definition) is 4. The normalized spacial score (nSPS) is 17.7. The molecule has 4 nitrogen and oxygen atoms in total. The van der Waals surface area contributed by atoms with Gasteiger partial charge in [0.2, 0.25) is 17.7 Å². The molecule has 1 aromatic carbocycles. The SMILES string of the molecule is CC#COC1C(=O)c2cccc(O)c2C1=O. The number of ketones is 2. The smallest absolute Gasteiger partial charge is 0.235 e. The Labute approximate surface area is 91.8 Å². The van der Waals surface area contributed by atoms with Crippen LogP contribution in [0.4, 0.5) is 0 Å². The highest BCUT2D eigenvalue weighted by Gasteiger charge is 2.42. The fourth-order valence-corrected chi connectivity index (χ4v) is 1.62. The quantitative estimate of drug-likeness (QED) is 0.564. The van der Waals surface area contributed by atoms with Gasteiger partial charge in [-0.25, -0.2) is 0 Å². The molecule has 0 fully saturated rings. The van der Waals surface area contributed by atoms with Crippen LogP contribution in [0.1, 0.15) is 27.6 Å². The molecule has 16 heavy (non-hydrogen) atoms. The maximum atomic E-state index is 11.8. The monoisotopic (exact) mass is 216 g/mol. The molecule has 80 valence electrons. The van der Waals surface area contributed by atoms with Gasteiger partial charge in [0.15, 0.2) is 0 Å². The lowest BCUT2D eigenvalue weighted by Crippen LogP contribution is -2.23. The zero-order valence-electron chi connectivity index (χ0n) is 8.48. The molecule has 2 rings (SSSR count). The molecular weight excluding hydrogens is 208 g/mol. The van der Waals surface area contributed by atoms with E-state index in [0.717, 1.165) is 0 Å². The van der Waals surface area contributed by atoms with E-state index in [4.69, 9.17) is 4.74 Å². The average Bonchev–Trinajstić information content (AvgIpc) is 2.51. The minimum atomic E-state index is -1.24. The van der Waals surface area contributed by atoms with Gasteiger partial charge in [-0.3, -0.25) is 9.59 Å². The molecule has 1 aliphatic rings. The summed E-state index contributed by atoms with van der Waals surface area (Å²) in [5, 5.41) is 9.50. The van der Waals surface area contributed by atoms with Crippen molar-refractivity contribution in [2.24, 2.45) is 0 Å². The third-order valence-electron chi connectivity index (χ3n) is 2.31. The van der Waals surface area contributed by atoms with E-state index in [9.17, 15) is 14.7 Å². The maximum absolute atomic E-state index is 11.8. The Bertz CT molecular complexity index is 534. The standard InChI is InChI=1S/C12H8O4/c1-2-6-16-12-10(14)7-4-3-5-8(13)9(7)11(12)15/h3-5,12-13H,1H3. The molecular formula is C12H8O4. The van der Waals surface area contributed by atoms with E-state index in [2.05, 4.69) is 12.0 Å². The Kier molecular flexibility index (Phi) is 2.37. The fourth-order valence-electron chi connectivity index (χ4n) is 1.62. The van der Waals surface area contributed by atoms with E-state index in [1.807, 2.05) is 0 Å². The second-order valence-electron chi connectivity index (χ2n) is 3.28. The zero-order valence-corrected chi connectivity index (χ0v) is 8.48. The molecule has 1 N–H and O–H groups in total. The molecule has 1 atom stereocenters. The Morgan fingerprint density at radius 1 is 1.31 bits per heavy atom. The largest absolute Gasteiger partial charge is 0.507 e. The van der Waals surface area contributed by atoms with Crippen LogP contribution in [-0.2, 0) is 4.74 Å². The number of benzene rings is 1. The summed E-state index contributed by atoms with van der Waals surface area (Å²) in [6.07, 6.45) is 0.992. The Hall–Kier alpha value is -2.28. The van der Waals surface area contributed by atoms with E-state index in [1.165, 1.54) is 25.1 Å². The topological polar surface area (TPSA) is 63.6 Å². The summed E-state index contributed by atoms with van der Waals surface area (Å²) in [7, 11) is 0. The minimum absolute atomic E-state index is 0.0235. The van der Waals surface area contributed by atoms with Crippen LogP contribution >= 0.6 is 0 Å². The molecule has 0 radical (unpaired) electrons. The van der Waals surface area contributed by atoms with Gasteiger partial charge >= 0.3 is 0 Å². The molecule has 0 spiro atoms. The molecule has 0 saturated carbocycles. The van der Waals surface area contributed by atoms with Gasteiger partial charge in [0.05, 0.1) is 5.56 Å². The zero-order chi connectivity index (χ0) is 11.7. The second kappa shape index (κ2) is 3.70. The highest BCUT2D eigenvalue weighted by Crippen LogP contribution is 2.30. The lowest BCUT2D eigenvalue weighted by molar-refractivity contribution is 0.0658. The number of ether oxygens (including phenoxy) is 1. The van der Waals surface area contributed by atoms with Crippen molar-refractivity contribution in [1.29, 1.82) is 0 Å². The van der Waals surface area contributed by atoms with E-state index in [1.54, 1.807) is 0 Å². The summed E-state index contributed by atoms with van der Waals surface area (Å²) < 4.78 is 4.84. The fraction of sp³-hybridized carbons (Fsp3) is 0.167. The molecule has 1 unspecified atom stereocenters. The number of carbonyl (C=O) groups is 2. The van der Waals surface area contributed by atoms with Gasteiger partial charge in [0, 0.05) is 12.5 Å². The van der Waals surface area contributed by atoms with Crippen molar-refractivity contribution in [2.45, 2.75) is 13.0 Å². The van der Waals surface area contributed by atoms with Gasteiger partial charge in [0.25, 0.3) is 0 Å². The van der Waals surface area contributed by atoms with Gasteiger partial charge in [-0.15, -0.1) is 0 Å². The highest BCUT2D eigenvalue weighted by atomic mass is 16.5. The van der Waals surface area contributed by atoms with Crippen LogP contribution in [0.25, 0.3) is 0 Å². The molecule has 1 aliphatic carbocycles. The van der Waals surface area contributed by atoms with E-state index < -0.39 is 17.7 Å². The Morgan fingerprint density at radius 3 is 2.69 bits per heavy atom. The number of Topliss-reactive ketones (excluding diaryl/α,β-unsaturated/α-hetero) is 2. The van der Waals surface area contributed by atoms with Crippen molar-refractivity contribution < 1.29 is 19.4 Å². The Morgan fingerprint density at radius 2 is 2.06 bits per heavy atom. The van der Waals surface area contributed by atoms with Crippen LogP contribution in [-0.4, -0.2) is 22.8 Å². The van der Waals surface area contributed by atoms with E-state index >= 15 is 0 Å². The number of aromatic hydroxyl groups is 1. The van der Waals surface area contributed by atoms with Crippen molar-refractivity contribution >= 4 is 11.6 Å². The number of rotatable bonds is 1. The Balaban J connectivity index is 2.47. The van der Waals surface area contributed by atoms with Crippen LogP contribution in [0.15, 0.2) is 18.2 Å². The van der Waals surface area contributed by atoms with Crippen LogP contribution in [0.2, 0.25) is 0 Å². The predicted molar refractivity (Wildman–Crippen MR) is 55.1 cm³/mol. The average molecular weight is 216 g/mol. The summed E-state index contributed by atoms with van der Waals surface area (Å²) in [6, 6.07) is 4.35. The second-order valence-corrected chi connectivity index (χ2v) is 3.28. The number of phenols is 1. The van der Waals surface area contributed by atoms with E-state index in [0.29, 0.717) is 0 Å². The van der Waals surface area contributed by atoms with Crippen LogP contribution in [0.5, 0.6) is 5.75 Å². The molecule has 0 bridgehead atoms. The summed E-state index contributed by atoms with van der Waals surface area (Å²) in [5.41, 5.74) is 0.211. The molecule has 0 amide bonds. The molecule has 0 aromatic heterocycles. The maximum Gasteiger partial charge on any atom is 0.235 e. The first-order valence-corrected chi connectivity index (χ1v) is 4.64. The third-order valence-corrected chi connectivity index (χ3v) is 2.31. The van der Waals surface area contributed by atoms with Gasteiger partial charge in [0.1, 0.15) is 11.9 Å². The predicted octanol–water partition coefficient (Wildman–Crippen LogP) is 1.14. The first-order valence-electron chi connectivity index (χ1n) is 4.64. The van der Waals surface area contributed by atoms with Gasteiger partial charge < -0.3 is 9.84 Å². The first kappa shape index (κ1) is 10.2. The summed E-state index contributed by atoms with van der Waals surface area (Å²) in [5.74, 6) is 1.24. The lowest BCUT2D eigenvalue weighted by Gasteiger charge is -2.02. The van der Waals surface area contributed by atoms with Crippen molar-refractivity contribution in [1.82, 2.24) is 0 Å². The summed E-state index contributed by atoms with van der Waals surface area (Å²) >= 11 is 0. The van der Waals surface area contributed by atoms with Crippen molar-refractivity contribution in [3.8, 4) is 17.8 Å². The van der Waals surface area contributed by atoms with Gasteiger partial charge in [-0.2, -0.15) is 0 Å². The van der Waals surface area contributed by atoms with Crippen LogP contribution in [0.3, 0.4) is 0 Å². The van der Waals surface area contributed by atoms with Crippen LogP contribution in [0, 0.1) is 12.0 Å². The number of carbonyl (C=O) groups excluding carboxylic acids is 2. The molecule has 0 aliphatic heterocycles. The molecule has 0 saturated heterocycles. The number of fused-ring (bicyclic) bond motifs is 1. The van der Waals surface area contributed by atoms with Crippen LogP contribution < -0.4 is 0 Å². The summed E-state index contributed by atoms with van der Waals surface area (Å²) in [4.78, 5) is 23.5. The number of phenolic OH excluding ortho intramolecular Hbond substituents is 1. The molecule has 0 heterocycles. The van der Waals surface area contributed by atoms with E-state index in [-0.39, 0.29) is 16.9 Å². The van der Waals surface area contributed by atoms with Crippen molar-refractivity contribution in [2.75, 3.05) is 0 Å².